The van der Waals surface area contributed by atoms with Gasteiger partial charge in [-0.1, -0.05) is 47.6 Å². The highest BCUT2D eigenvalue weighted by Crippen LogP contribution is 2.31. The lowest BCUT2D eigenvalue weighted by Gasteiger charge is -2.30. The second-order valence-electron chi connectivity index (χ2n) is 9.98. The Kier molecular flexibility index (Phi) is 18.2. The Morgan fingerprint density at radius 1 is 0.861 bits per heavy atom. The van der Waals surface area contributed by atoms with Gasteiger partial charge < -0.3 is 24.2 Å². The van der Waals surface area contributed by atoms with Crippen LogP contribution in [0.2, 0.25) is 0 Å². The molecular weight excluding hydrogens is 462 g/mol. The summed E-state index contributed by atoms with van der Waals surface area (Å²) in [5, 5.41) is 9.21. The standard InChI is InChI=1S/C28H51NO7/c1-7-15-27(6,9-3)22-35-26(33)14-19-29(17-12-20-30)18-13-25(32)34-21-16-28(10-4,11-5)23-36-24(31)8-2/h8,30H,2,7,9-23H2,1,3-6H3. The number of hydrogen-bond donors (Lipinski definition) is 1. The topological polar surface area (TPSA) is 102 Å². The van der Waals surface area contributed by atoms with Crippen molar-refractivity contribution in [2.75, 3.05) is 46.1 Å². The molecule has 0 saturated heterocycles. The van der Waals surface area contributed by atoms with Gasteiger partial charge >= 0.3 is 17.9 Å². The average Bonchev–Trinajstić information content (AvgIpc) is 2.89. The van der Waals surface area contributed by atoms with Crippen molar-refractivity contribution in [2.24, 2.45) is 10.8 Å². The van der Waals surface area contributed by atoms with Crippen molar-refractivity contribution in [3.05, 3.63) is 12.7 Å². The Labute approximate surface area is 218 Å². The molecule has 8 heteroatoms. The van der Waals surface area contributed by atoms with Gasteiger partial charge in [-0.2, -0.15) is 0 Å². The van der Waals surface area contributed by atoms with Gasteiger partial charge in [-0.3, -0.25) is 9.59 Å². The molecule has 8 nitrogen and oxygen atoms in total. The van der Waals surface area contributed by atoms with E-state index in [4.69, 9.17) is 14.2 Å². The normalized spacial score (nSPS) is 13.2. The molecule has 0 spiro atoms. The molecule has 0 aliphatic rings. The van der Waals surface area contributed by atoms with E-state index in [-0.39, 0.29) is 55.4 Å². The Morgan fingerprint density at radius 2 is 1.47 bits per heavy atom. The van der Waals surface area contributed by atoms with Gasteiger partial charge in [-0.05, 0) is 38.5 Å². The maximum Gasteiger partial charge on any atom is 0.330 e. The summed E-state index contributed by atoms with van der Waals surface area (Å²) in [5.41, 5.74) is -0.233. The minimum absolute atomic E-state index is 0.00515. The summed E-state index contributed by atoms with van der Waals surface area (Å²) in [6.45, 7) is 16.3. The molecule has 210 valence electrons. The van der Waals surface area contributed by atoms with Crippen molar-refractivity contribution in [3.63, 3.8) is 0 Å². The van der Waals surface area contributed by atoms with E-state index in [0.29, 0.717) is 39.1 Å². The highest BCUT2D eigenvalue weighted by molar-refractivity contribution is 5.81. The number of nitrogens with zero attached hydrogens (tertiary/aromatic N) is 1. The largest absolute Gasteiger partial charge is 0.466 e. The number of esters is 3. The average molecular weight is 514 g/mol. The summed E-state index contributed by atoms with van der Waals surface area (Å²) in [6, 6.07) is 0. The molecule has 1 N–H and O–H groups in total. The molecule has 1 unspecified atom stereocenters. The van der Waals surface area contributed by atoms with Crippen molar-refractivity contribution < 1.29 is 33.7 Å². The van der Waals surface area contributed by atoms with E-state index in [1.165, 1.54) is 0 Å². The van der Waals surface area contributed by atoms with Gasteiger partial charge in [0.25, 0.3) is 0 Å². The first-order valence-corrected chi connectivity index (χ1v) is 13.6. The Balaban J connectivity index is 4.58. The van der Waals surface area contributed by atoms with Gasteiger partial charge in [0.15, 0.2) is 0 Å². The van der Waals surface area contributed by atoms with Crippen LogP contribution < -0.4 is 0 Å². The molecule has 0 amide bonds. The minimum Gasteiger partial charge on any atom is -0.466 e. The fourth-order valence-corrected chi connectivity index (χ4v) is 4.03. The molecule has 0 saturated carbocycles. The van der Waals surface area contributed by atoms with Crippen LogP contribution in [-0.2, 0) is 28.6 Å². The third kappa shape index (κ3) is 14.6. The summed E-state index contributed by atoms with van der Waals surface area (Å²) in [7, 11) is 0. The number of rotatable bonds is 22. The third-order valence-electron chi connectivity index (χ3n) is 7.27. The lowest BCUT2D eigenvalue weighted by atomic mass is 9.80. The van der Waals surface area contributed by atoms with Crippen molar-refractivity contribution in [1.82, 2.24) is 4.90 Å². The first kappa shape index (κ1) is 34.1. The Morgan fingerprint density at radius 3 is 1.97 bits per heavy atom. The van der Waals surface area contributed by atoms with E-state index >= 15 is 0 Å². The number of carbonyl (C=O) groups excluding carboxylic acids is 3. The highest BCUT2D eigenvalue weighted by Gasteiger charge is 2.28. The van der Waals surface area contributed by atoms with Crippen LogP contribution in [0.1, 0.15) is 92.4 Å². The molecule has 0 radical (unpaired) electrons. The SMILES string of the molecule is C=CC(=O)OCC(CC)(CC)CCOC(=O)CCN(CCCO)CCC(=O)OCC(C)(CC)CCC. The van der Waals surface area contributed by atoms with Crippen LogP contribution in [-0.4, -0.2) is 74.0 Å². The lowest BCUT2D eigenvalue weighted by molar-refractivity contribution is -0.148. The molecule has 0 fully saturated rings. The zero-order valence-electron chi connectivity index (χ0n) is 23.4. The van der Waals surface area contributed by atoms with Crippen LogP contribution in [0.15, 0.2) is 12.7 Å². The van der Waals surface area contributed by atoms with Crippen LogP contribution in [0.4, 0.5) is 0 Å². The molecule has 36 heavy (non-hydrogen) atoms. The number of ether oxygens (including phenoxy) is 3. The van der Waals surface area contributed by atoms with Crippen LogP contribution in [0.25, 0.3) is 0 Å². The second kappa shape index (κ2) is 19.2. The summed E-state index contributed by atoms with van der Waals surface area (Å²) in [6.07, 6.45) is 7.36. The van der Waals surface area contributed by atoms with E-state index in [1.54, 1.807) is 0 Å². The summed E-state index contributed by atoms with van der Waals surface area (Å²) in [5.74, 6) is -1.01. The van der Waals surface area contributed by atoms with E-state index in [0.717, 1.165) is 38.2 Å². The molecule has 0 aromatic rings. The van der Waals surface area contributed by atoms with Gasteiger partial charge in [0.05, 0.1) is 32.7 Å². The number of hydrogen-bond acceptors (Lipinski definition) is 8. The first-order chi connectivity index (χ1) is 17.1. The molecule has 0 rings (SSSR count). The fraction of sp³-hybridized carbons (Fsp3) is 0.821. The van der Waals surface area contributed by atoms with Crippen LogP contribution in [0.5, 0.6) is 0 Å². The molecule has 1 atom stereocenters. The predicted octanol–water partition coefficient (Wildman–Crippen LogP) is 4.68. The number of aliphatic hydroxyl groups is 1. The molecule has 0 aromatic carbocycles. The smallest absolute Gasteiger partial charge is 0.330 e. The second-order valence-corrected chi connectivity index (χ2v) is 9.98. The molecule has 0 aliphatic heterocycles. The van der Waals surface area contributed by atoms with Crippen LogP contribution in [0.3, 0.4) is 0 Å². The zero-order valence-corrected chi connectivity index (χ0v) is 23.4. The van der Waals surface area contributed by atoms with Crippen molar-refractivity contribution >= 4 is 17.9 Å². The van der Waals surface area contributed by atoms with E-state index in [1.807, 2.05) is 18.7 Å². The summed E-state index contributed by atoms with van der Waals surface area (Å²) in [4.78, 5) is 38.1. The van der Waals surface area contributed by atoms with Gasteiger partial charge in [0.1, 0.15) is 0 Å². The van der Waals surface area contributed by atoms with Gasteiger partial charge in [0.2, 0.25) is 0 Å². The van der Waals surface area contributed by atoms with Crippen molar-refractivity contribution in [2.45, 2.75) is 92.4 Å². The molecular formula is C28H51NO7. The lowest BCUT2D eigenvalue weighted by Crippen LogP contribution is -2.32. The summed E-state index contributed by atoms with van der Waals surface area (Å²) < 4.78 is 16.2. The Bertz CT molecular complexity index is 648. The molecule has 0 aliphatic carbocycles. The molecule has 0 bridgehead atoms. The predicted molar refractivity (Wildman–Crippen MR) is 141 cm³/mol. The zero-order chi connectivity index (χ0) is 27.5. The Hall–Kier alpha value is -1.93. The maximum atomic E-state index is 12.4. The van der Waals surface area contributed by atoms with Gasteiger partial charge in [-0.25, -0.2) is 4.79 Å². The van der Waals surface area contributed by atoms with Crippen molar-refractivity contribution in [1.29, 1.82) is 0 Å². The van der Waals surface area contributed by atoms with Crippen LogP contribution in [0, 0.1) is 10.8 Å². The molecule has 0 heterocycles. The monoisotopic (exact) mass is 513 g/mol. The van der Waals surface area contributed by atoms with E-state index in [9.17, 15) is 19.5 Å². The highest BCUT2D eigenvalue weighted by atomic mass is 16.5. The van der Waals surface area contributed by atoms with E-state index in [2.05, 4.69) is 27.4 Å². The fourth-order valence-electron chi connectivity index (χ4n) is 4.03. The molecule has 0 aromatic heterocycles. The number of aliphatic hydroxyl groups excluding tert-OH is 1. The van der Waals surface area contributed by atoms with Gasteiger partial charge in [0, 0.05) is 43.1 Å². The minimum atomic E-state index is -0.453. The van der Waals surface area contributed by atoms with Gasteiger partial charge in [-0.15, -0.1) is 0 Å². The third-order valence-corrected chi connectivity index (χ3v) is 7.27. The number of carbonyl (C=O) groups is 3. The van der Waals surface area contributed by atoms with Crippen molar-refractivity contribution in [3.8, 4) is 0 Å². The maximum absolute atomic E-state index is 12.4. The first-order valence-electron chi connectivity index (χ1n) is 13.6. The van der Waals surface area contributed by atoms with E-state index < -0.39 is 5.97 Å². The quantitative estimate of drug-likeness (QED) is 0.126. The summed E-state index contributed by atoms with van der Waals surface area (Å²) >= 11 is 0. The van der Waals surface area contributed by atoms with Crippen LogP contribution >= 0.6 is 0 Å².